The summed E-state index contributed by atoms with van der Waals surface area (Å²) in [4.78, 5) is 0. The van der Waals surface area contributed by atoms with Gasteiger partial charge >= 0.3 is 12.4 Å². The summed E-state index contributed by atoms with van der Waals surface area (Å²) in [6, 6.07) is 60.1. The van der Waals surface area contributed by atoms with Gasteiger partial charge in [0.25, 0.3) is 0 Å². The van der Waals surface area contributed by atoms with Gasteiger partial charge in [0.05, 0.1) is 79.5 Å². The molecule has 9 aromatic carbocycles. The van der Waals surface area contributed by atoms with Gasteiger partial charge in [-0.2, -0.15) is 42.1 Å². The number of hydrogen-bond donors (Lipinski definition) is 0. The first kappa shape index (κ1) is 43.2. The molecule has 11 heteroatoms. The summed E-state index contributed by atoms with van der Waals surface area (Å²) in [5, 5.41) is 33.2. The Morgan fingerprint density at radius 3 is 1.36 bits per heavy atom. The number of nitriles is 3. The summed E-state index contributed by atoms with van der Waals surface area (Å²) in [5.74, 6) is 0. The summed E-state index contributed by atoms with van der Waals surface area (Å²) in [5.41, 5.74) is 6.47. The zero-order valence-corrected chi connectivity index (χ0v) is 36.4. The van der Waals surface area contributed by atoms with Crippen LogP contribution in [0.15, 0.2) is 188 Å². The van der Waals surface area contributed by atoms with E-state index >= 15 is 0 Å². The van der Waals surface area contributed by atoms with Crippen LogP contribution in [-0.2, 0) is 12.4 Å². The molecule has 0 aliphatic heterocycles. The van der Waals surface area contributed by atoms with E-state index in [0.717, 1.165) is 60.9 Å². The lowest BCUT2D eigenvalue weighted by Gasteiger charge is -2.21. The van der Waals surface area contributed by atoms with Gasteiger partial charge in [0, 0.05) is 32.7 Å². The van der Waals surface area contributed by atoms with E-state index in [1.54, 1.807) is 48.5 Å². The van der Waals surface area contributed by atoms with Crippen LogP contribution in [-0.4, -0.2) is 9.13 Å². The summed E-state index contributed by atoms with van der Waals surface area (Å²) < 4.78 is 90.7. The van der Waals surface area contributed by atoms with Gasteiger partial charge in [0.1, 0.15) is 0 Å². The maximum absolute atomic E-state index is 14.9. The predicted octanol–water partition coefficient (Wildman–Crippen LogP) is 16.2. The average Bonchev–Trinajstić information content (AvgIpc) is 3.89. The van der Waals surface area contributed by atoms with E-state index in [4.69, 9.17) is 0 Å². The molecule has 0 amide bonds. The Kier molecular flexibility index (Phi) is 10.2. The molecule has 11 aromatic rings. The third-order valence-electron chi connectivity index (χ3n) is 12.9. The van der Waals surface area contributed by atoms with Crippen molar-refractivity contribution in [1.29, 1.82) is 15.8 Å². The Hall–Kier alpha value is -9.37. The molecule has 0 aliphatic carbocycles. The molecule has 0 saturated heterocycles. The van der Waals surface area contributed by atoms with Crippen LogP contribution in [0.3, 0.4) is 0 Å². The third kappa shape index (κ3) is 7.27. The summed E-state index contributed by atoms with van der Waals surface area (Å²) >= 11 is 0. The number of alkyl halides is 6. The highest BCUT2D eigenvalue weighted by Gasteiger charge is 2.38. The lowest BCUT2D eigenvalue weighted by atomic mass is 9.92. The normalized spacial score (nSPS) is 11.8. The van der Waals surface area contributed by atoms with Gasteiger partial charge in [0.2, 0.25) is 0 Å². The van der Waals surface area contributed by atoms with Crippen LogP contribution in [0.1, 0.15) is 27.8 Å². The van der Waals surface area contributed by atoms with Crippen LogP contribution in [0.25, 0.3) is 99.5 Å². The standard InChI is InChI=1S/C59H31F6N5/c60-58(61,62)43-19-21-44(51(31-43)59(63,64)65)42-16-20-47(57(30-42)70-53-14-4-2-12-46(53)50-29-41(18-24-56(50)70)39-10-6-8-36(26-39)33-67)48-27-37(34-68)15-22-54(48)69-52-13-3-1-11-45(52)49-28-40(17-23-55(49)69)38-9-5-7-35(25-38)32-66/h1-31H. The van der Waals surface area contributed by atoms with Crippen molar-refractivity contribution in [3.8, 4) is 74.1 Å². The van der Waals surface area contributed by atoms with E-state index < -0.39 is 29.0 Å². The molecule has 0 aliphatic rings. The Balaban J connectivity index is 1.22. The van der Waals surface area contributed by atoms with E-state index in [0.29, 0.717) is 56.3 Å². The summed E-state index contributed by atoms with van der Waals surface area (Å²) in [6.07, 6.45) is -10.2. The number of rotatable bonds is 6. The molecule has 11 rings (SSSR count). The van der Waals surface area contributed by atoms with E-state index in [1.807, 2.05) is 114 Å². The minimum absolute atomic E-state index is 0.0125. The fraction of sp³-hybridized carbons (Fsp3) is 0.0339. The molecular weight excluding hydrogens is 893 g/mol. The fourth-order valence-electron chi connectivity index (χ4n) is 9.70. The molecule has 0 unspecified atom stereocenters. The number of fused-ring (bicyclic) bond motifs is 6. The highest BCUT2D eigenvalue weighted by Crippen LogP contribution is 2.46. The molecule has 70 heavy (non-hydrogen) atoms. The van der Waals surface area contributed by atoms with Crippen molar-refractivity contribution < 1.29 is 26.3 Å². The van der Waals surface area contributed by atoms with E-state index in [9.17, 15) is 42.1 Å². The second-order valence-electron chi connectivity index (χ2n) is 16.9. The van der Waals surface area contributed by atoms with Gasteiger partial charge in [0.15, 0.2) is 0 Å². The molecule has 0 atom stereocenters. The lowest BCUT2D eigenvalue weighted by Crippen LogP contribution is -2.12. The lowest BCUT2D eigenvalue weighted by molar-refractivity contribution is -0.142. The third-order valence-corrected chi connectivity index (χ3v) is 12.9. The minimum atomic E-state index is -5.15. The van der Waals surface area contributed by atoms with Crippen molar-refractivity contribution in [1.82, 2.24) is 9.13 Å². The molecule has 0 bridgehead atoms. The fourth-order valence-corrected chi connectivity index (χ4v) is 9.70. The molecule has 0 fully saturated rings. The Morgan fingerprint density at radius 1 is 0.329 bits per heavy atom. The first-order chi connectivity index (χ1) is 33.8. The molecular formula is C59H31F6N5. The first-order valence-electron chi connectivity index (χ1n) is 21.9. The van der Waals surface area contributed by atoms with Crippen LogP contribution < -0.4 is 0 Å². The van der Waals surface area contributed by atoms with Crippen molar-refractivity contribution in [2.75, 3.05) is 0 Å². The Bertz CT molecular complexity index is 4100. The number of halogens is 6. The topological polar surface area (TPSA) is 81.2 Å². The summed E-state index contributed by atoms with van der Waals surface area (Å²) in [7, 11) is 0. The number of hydrogen-bond acceptors (Lipinski definition) is 3. The van der Waals surface area contributed by atoms with E-state index in [-0.39, 0.29) is 11.6 Å². The van der Waals surface area contributed by atoms with E-state index in [1.165, 1.54) is 6.07 Å². The molecule has 0 spiro atoms. The Morgan fingerprint density at radius 2 is 0.814 bits per heavy atom. The van der Waals surface area contributed by atoms with Crippen molar-refractivity contribution in [3.05, 3.63) is 216 Å². The van der Waals surface area contributed by atoms with Crippen molar-refractivity contribution in [2.45, 2.75) is 12.4 Å². The predicted molar refractivity (Wildman–Crippen MR) is 261 cm³/mol. The monoisotopic (exact) mass is 923 g/mol. The van der Waals surface area contributed by atoms with E-state index in [2.05, 4.69) is 28.8 Å². The molecule has 0 saturated carbocycles. The first-order valence-corrected chi connectivity index (χ1v) is 21.9. The van der Waals surface area contributed by atoms with Crippen molar-refractivity contribution in [2.24, 2.45) is 0 Å². The smallest absolute Gasteiger partial charge is 0.309 e. The van der Waals surface area contributed by atoms with Crippen LogP contribution in [0.4, 0.5) is 26.3 Å². The van der Waals surface area contributed by atoms with Gasteiger partial charge < -0.3 is 9.13 Å². The van der Waals surface area contributed by atoms with Crippen LogP contribution in [0.5, 0.6) is 0 Å². The zero-order valence-electron chi connectivity index (χ0n) is 36.4. The Labute approximate surface area is 395 Å². The largest absolute Gasteiger partial charge is 0.417 e. The second kappa shape index (κ2) is 16.4. The molecule has 2 heterocycles. The molecule has 0 radical (unpaired) electrons. The van der Waals surface area contributed by atoms with Gasteiger partial charge in [-0.15, -0.1) is 0 Å². The number of benzene rings is 9. The average molecular weight is 924 g/mol. The number of aromatic nitrogens is 2. The molecule has 0 N–H and O–H groups in total. The zero-order chi connectivity index (χ0) is 48.5. The van der Waals surface area contributed by atoms with Crippen molar-refractivity contribution >= 4 is 43.6 Å². The maximum atomic E-state index is 14.9. The molecule has 5 nitrogen and oxygen atoms in total. The summed E-state index contributed by atoms with van der Waals surface area (Å²) in [6.45, 7) is 0. The second-order valence-corrected chi connectivity index (χ2v) is 16.9. The highest BCUT2D eigenvalue weighted by molar-refractivity contribution is 6.13. The van der Waals surface area contributed by atoms with Gasteiger partial charge in [-0.3, -0.25) is 0 Å². The molecule has 2 aromatic heterocycles. The van der Waals surface area contributed by atoms with Gasteiger partial charge in [-0.25, -0.2) is 0 Å². The SMILES string of the molecule is N#Cc1cccc(-c2ccc3c(c2)c2ccccc2n3-c2ccc(C#N)cc2-c2ccc(-c3ccc(C(F)(F)F)cc3C(F)(F)F)cc2-n2c3ccccc3c3cc(-c4cccc(C#N)c4)ccc32)c1. The van der Waals surface area contributed by atoms with Gasteiger partial charge in [-0.1, -0.05) is 91.0 Å². The number of para-hydroxylation sites is 2. The minimum Gasteiger partial charge on any atom is -0.309 e. The van der Waals surface area contributed by atoms with Crippen LogP contribution in [0.2, 0.25) is 0 Å². The van der Waals surface area contributed by atoms with Crippen molar-refractivity contribution in [3.63, 3.8) is 0 Å². The molecule has 334 valence electrons. The quantitative estimate of drug-likeness (QED) is 0.156. The highest BCUT2D eigenvalue weighted by atomic mass is 19.4. The maximum Gasteiger partial charge on any atom is 0.417 e. The van der Waals surface area contributed by atoms with Gasteiger partial charge in [-0.05, 0) is 130 Å². The van der Waals surface area contributed by atoms with Crippen LogP contribution in [0, 0.1) is 34.0 Å². The number of nitrogens with zero attached hydrogens (tertiary/aromatic N) is 5. The van der Waals surface area contributed by atoms with Crippen LogP contribution >= 0.6 is 0 Å².